The molecule has 8 heteroatoms. The predicted octanol–water partition coefficient (Wildman–Crippen LogP) is 4.79. The fourth-order valence-electron chi connectivity index (χ4n) is 3.42. The average molecular weight is 487 g/mol. The molecule has 0 aliphatic rings. The van der Waals surface area contributed by atoms with Crippen LogP contribution in [0.4, 0.5) is 5.13 Å². The van der Waals surface area contributed by atoms with Crippen LogP contribution in [-0.4, -0.2) is 36.4 Å². The molecule has 0 atom stereocenters. The van der Waals surface area contributed by atoms with Crippen molar-refractivity contribution in [1.82, 2.24) is 15.3 Å². The van der Waals surface area contributed by atoms with E-state index < -0.39 is 8.07 Å². The van der Waals surface area contributed by atoms with Crippen molar-refractivity contribution in [3.8, 4) is 22.4 Å². The summed E-state index contributed by atoms with van der Waals surface area (Å²) in [4.78, 5) is 33.5. The zero-order chi connectivity index (χ0) is 24.1. The van der Waals surface area contributed by atoms with Gasteiger partial charge in [0.2, 0.25) is 5.91 Å². The number of thiazole rings is 1. The molecule has 0 saturated heterocycles. The Kier molecular flexibility index (Phi) is 7.00. The van der Waals surface area contributed by atoms with E-state index in [1.54, 1.807) is 18.5 Å². The first-order valence-electron chi connectivity index (χ1n) is 10.9. The Morgan fingerprint density at radius 1 is 0.912 bits per heavy atom. The topological polar surface area (TPSA) is 84.0 Å². The van der Waals surface area contributed by atoms with Gasteiger partial charge in [0.05, 0.1) is 20.3 Å². The number of anilines is 1. The Morgan fingerprint density at radius 3 is 2.41 bits per heavy atom. The summed E-state index contributed by atoms with van der Waals surface area (Å²) < 4.78 is 0. The number of hydrogen-bond donors (Lipinski definition) is 2. The number of hydrogen-bond acceptors (Lipinski definition) is 5. The van der Waals surface area contributed by atoms with Crippen molar-refractivity contribution in [2.24, 2.45) is 0 Å². The van der Waals surface area contributed by atoms with Crippen molar-refractivity contribution in [2.75, 3.05) is 11.9 Å². The summed E-state index contributed by atoms with van der Waals surface area (Å²) in [5.74, 6) is -0.579. The standard InChI is InChI=1S/C26H26N4O2SSi/c1-34(2,3)22-9-5-8-21(15-22)25(32)28-16-24(31)30-26-29-23(17-33-26)20-7-4-6-19(14-20)18-10-12-27-13-11-18/h4-15,17H,16H2,1-3H3,(H,28,32)(H,29,30,31). The van der Waals surface area contributed by atoms with Gasteiger partial charge in [0.1, 0.15) is 0 Å². The Labute approximate surface area is 204 Å². The first kappa shape index (κ1) is 23.5. The highest BCUT2D eigenvalue weighted by molar-refractivity contribution is 7.14. The lowest BCUT2D eigenvalue weighted by Crippen LogP contribution is -2.39. The van der Waals surface area contributed by atoms with Gasteiger partial charge < -0.3 is 10.6 Å². The summed E-state index contributed by atoms with van der Waals surface area (Å²) >= 11 is 1.35. The zero-order valence-electron chi connectivity index (χ0n) is 19.3. The van der Waals surface area contributed by atoms with Crippen LogP contribution >= 0.6 is 11.3 Å². The molecule has 2 aromatic heterocycles. The molecule has 4 rings (SSSR count). The van der Waals surface area contributed by atoms with Crippen LogP contribution < -0.4 is 15.8 Å². The number of aromatic nitrogens is 2. The van der Waals surface area contributed by atoms with Crippen molar-refractivity contribution in [3.05, 3.63) is 84.0 Å². The maximum atomic E-state index is 12.5. The van der Waals surface area contributed by atoms with E-state index in [1.165, 1.54) is 16.5 Å². The fraction of sp³-hybridized carbons (Fsp3) is 0.154. The van der Waals surface area contributed by atoms with Crippen LogP contribution in [0.2, 0.25) is 19.6 Å². The Bertz CT molecular complexity index is 1320. The summed E-state index contributed by atoms with van der Waals surface area (Å²) in [6, 6.07) is 19.6. The third-order valence-electron chi connectivity index (χ3n) is 5.32. The third kappa shape index (κ3) is 5.83. The van der Waals surface area contributed by atoms with Gasteiger partial charge in [0.25, 0.3) is 5.91 Å². The molecule has 34 heavy (non-hydrogen) atoms. The summed E-state index contributed by atoms with van der Waals surface area (Å²) in [5.41, 5.74) is 4.45. The van der Waals surface area contributed by atoms with E-state index in [2.05, 4.69) is 52.4 Å². The highest BCUT2D eigenvalue weighted by Crippen LogP contribution is 2.28. The summed E-state index contributed by atoms with van der Waals surface area (Å²) in [7, 11) is -1.52. The van der Waals surface area contributed by atoms with Gasteiger partial charge in [-0.1, -0.05) is 61.2 Å². The van der Waals surface area contributed by atoms with Crippen LogP contribution in [0.15, 0.2) is 78.4 Å². The minimum atomic E-state index is -1.52. The van der Waals surface area contributed by atoms with Crippen LogP contribution in [0, 0.1) is 0 Å². The first-order chi connectivity index (χ1) is 16.3. The van der Waals surface area contributed by atoms with Crippen LogP contribution in [0.3, 0.4) is 0 Å². The lowest BCUT2D eigenvalue weighted by Gasteiger charge is -2.17. The predicted molar refractivity (Wildman–Crippen MR) is 141 cm³/mol. The monoisotopic (exact) mass is 486 g/mol. The molecule has 0 radical (unpaired) electrons. The van der Waals surface area contributed by atoms with Crippen LogP contribution in [0.1, 0.15) is 10.4 Å². The number of benzene rings is 2. The molecule has 0 spiro atoms. The van der Waals surface area contributed by atoms with Crippen LogP contribution in [0.5, 0.6) is 0 Å². The third-order valence-corrected chi connectivity index (χ3v) is 8.12. The largest absolute Gasteiger partial charge is 0.343 e. The van der Waals surface area contributed by atoms with E-state index in [4.69, 9.17) is 0 Å². The Morgan fingerprint density at radius 2 is 1.65 bits per heavy atom. The average Bonchev–Trinajstić information content (AvgIpc) is 3.31. The second-order valence-electron chi connectivity index (χ2n) is 8.92. The van der Waals surface area contributed by atoms with Crippen molar-refractivity contribution < 1.29 is 9.59 Å². The first-order valence-corrected chi connectivity index (χ1v) is 15.3. The molecule has 2 heterocycles. The molecule has 0 bridgehead atoms. The molecule has 0 saturated carbocycles. The van der Waals surface area contributed by atoms with Crippen molar-refractivity contribution in [1.29, 1.82) is 0 Å². The second-order valence-corrected chi connectivity index (χ2v) is 14.9. The van der Waals surface area contributed by atoms with E-state index in [-0.39, 0.29) is 18.4 Å². The van der Waals surface area contributed by atoms with E-state index in [0.29, 0.717) is 10.7 Å². The normalized spacial score (nSPS) is 11.1. The number of carbonyl (C=O) groups is 2. The minimum Gasteiger partial charge on any atom is -0.343 e. The number of nitrogens with zero attached hydrogens (tertiary/aromatic N) is 2. The van der Waals surface area contributed by atoms with Gasteiger partial charge in [-0.3, -0.25) is 14.6 Å². The number of amides is 2. The molecule has 4 aromatic rings. The summed E-state index contributed by atoms with van der Waals surface area (Å²) in [6.07, 6.45) is 3.53. The van der Waals surface area contributed by atoms with E-state index in [0.717, 1.165) is 22.4 Å². The zero-order valence-corrected chi connectivity index (χ0v) is 21.1. The summed E-state index contributed by atoms with van der Waals surface area (Å²) in [5, 5.41) is 9.07. The fourth-order valence-corrected chi connectivity index (χ4v) is 5.34. The van der Waals surface area contributed by atoms with E-state index >= 15 is 0 Å². The maximum Gasteiger partial charge on any atom is 0.251 e. The lowest BCUT2D eigenvalue weighted by molar-refractivity contribution is -0.115. The molecule has 0 aliphatic carbocycles. The van der Waals surface area contributed by atoms with Crippen molar-refractivity contribution >= 4 is 41.5 Å². The van der Waals surface area contributed by atoms with E-state index in [1.807, 2.05) is 47.8 Å². The lowest BCUT2D eigenvalue weighted by atomic mass is 10.0. The number of rotatable bonds is 7. The molecule has 2 amide bonds. The van der Waals surface area contributed by atoms with Crippen molar-refractivity contribution in [3.63, 3.8) is 0 Å². The van der Waals surface area contributed by atoms with Gasteiger partial charge in [0, 0.05) is 28.9 Å². The highest BCUT2D eigenvalue weighted by atomic mass is 32.1. The molecule has 2 N–H and O–H groups in total. The molecule has 172 valence electrons. The molecular weight excluding hydrogens is 460 g/mol. The smallest absolute Gasteiger partial charge is 0.251 e. The van der Waals surface area contributed by atoms with Gasteiger partial charge in [-0.25, -0.2) is 4.98 Å². The van der Waals surface area contributed by atoms with Gasteiger partial charge >= 0.3 is 0 Å². The minimum absolute atomic E-state index is 0.123. The molecular formula is C26H26N4O2SSi. The Balaban J connectivity index is 1.37. The molecule has 0 aliphatic heterocycles. The van der Waals surface area contributed by atoms with Crippen LogP contribution in [0.25, 0.3) is 22.4 Å². The molecule has 2 aromatic carbocycles. The van der Waals surface area contributed by atoms with Gasteiger partial charge in [-0.05, 0) is 35.4 Å². The van der Waals surface area contributed by atoms with Crippen LogP contribution in [-0.2, 0) is 4.79 Å². The van der Waals surface area contributed by atoms with Gasteiger partial charge in [-0.2, -0.15) is 0 Å². The SMILES string of the molecule is C[Si](C)(C)c1cccc(C(=O)NCC(=O)Nc2nc(-c3cccc(-c4ccncc4)c3)cs2)c1. The number of pyridine rings is 1. The molecule has 0 unspecified atom stereocenters. The molecule has 6 nitrogen and oxygen atoms in total. The number of nitrogens with one attached hydrogen (secondary N) is 2. The second kappa shape index (κ2) is 10.1. The number of carbonyl (C=O) groups excluding carboxylic acids is 2. The van der Waals surface area contributed by atoms with Gasteiger partial charge in [-0.15, -0.1) is 11.3 Å². The Hall–Kier alpha value is -3.62. The van der Waals surface area contributed by atoms with Crippen molar-refractivity contribution in [2.45, 2.75) is 19.6 Å². The molecule has 0 fully saturated rings. The quantitative estimate of drug-likeness (QED) is 0.368. The highest BCUT2D eigenvalue weighted by Gasteiger charge is 2.18. The summed E-state index contributed by atoms with van der Waals surface area (Å²) in [6.45, 7) is 6.57. The van der Waals surface area contributed by atoms with E-state index in [9.17, 15) is 9.59 Å². The maximum absolute atomic E-state index is 12.5. The van der Waals surface area contributed by atoms with Gasteiger partial charge in [0.15, 0.2) is 5.13 Å².